The average molecular weight is 713 g/mol. The molecule has 0 aliphatic carbocycles. The summed E-state index contributed by atoms with van der Waals surface area (Å²) in [5.74, 6) is 1.86. The number of rotatable bonds is 6. The van der Waals surface area contributed by atoms with Crippen LogP contribution in [0.3, 0.4) is 0 Å². The molecule has 7 heteroatoms. The number of aromatic nitrogens is 6. The Hall–Kier alpha value is -6.70. The van der Waals surface area contributed by atoms with Gasteiger partial charge < -0.3 is 4.57 Å². The molecule has 0 unspecified atom stereocenters. The van der Waals surface area contributed by atoms with Crippen LogP contribution in [0.2, 0.25) is 19.6 Å². The zero-order chi connectivity index (χ0) is 36.4. The predicted molar refractivity (Wildman–Crippen MR) is 226 cm³/mol. The molecule has 4 heterocycles. The van der Waals surface area contributed by atoms with Gasteiger partial charge in [-0.1, -0.05) is 128 Å². The van der Waals surface area contributed by atoms with Crippen molar-refractivity contribution < 1.29 is 0 Å². The summed E-state index contributed by atoms with van der Waals surface area (Å²) in [4.78, 5) is 19.7. The lowest BCUT2D eigenvalue weighted by atomic mass is 10.0. The van der Waals surface area contributed by atoms with Gasteiger partial charge in [-0.05, 0) is 59.7 Å². The Balaban J connectivity index is 1.14. The van der Waals surface area contributed by atoms with Crippen molar-refractivity contribution in [1.29, 1.82) is 0 Å². The minimum atomic E-state index is -1.41. The Bertz CT molecular complexity index is 2960. The largest absolute Gasteiger partial charge is 0.308 e. The first-order chi connectivity index (χ1) is 26.4. The fraction of sp³-hybridized carbons (Fsp3) is 0.0638. The van der Waals surface area contributed by atoms with E-state index in [9.17, 15) is 0 Å². The van der Waals surface area contributed by atoms with Gasteiger partial charge >= 0.3 is 0 Å². The minimum absolute atomic E-state index is 0.586. The summed E-state index contributed by atoms with van der Waals surface area (Å²) in [6.07, 6.45) is 3.87. The zero-order valence-electron chi connectivity index (χ0n) is 30.3. The number of benzene rings is 6. The van der Waals surface area contributed by atoms with E-state index in [0.29, 0.717) is 17.6 Å². The van der Waals surface area contributed by atoms with E-state index in [0.717, 1.165) is 55.3 Å². The van der Waals surface area contributed by atoms with Gasteiger partial charge in [0.25, 0.3) is 0 Å². The van der Waals surface area contributed by atoms with Crippen molar-refractivity contribution in [3.8, 4) is 45.5 Å². The van der Waals surface area contributed by atoms with Crippen LogP contribution in [0.4, 0.5) is 0 Å². The summed E-state index contributed by atoms with van der Waals surface area (Å²) in [7, 11) is -1.41. The molecule has 0 radical (unpaired) electrons. The summed E-state index contributed by atoms with van der Waals surface area (Å²) in [5, 5.41) is 6.12. The zero-order valence-corrected chi connectivity index (χ0v) is 31.3. The molecule has 0 saturated carbocycles. The molecule has 0 saturated heterocycles. The summed E-state index contributed by atoms with van der Waals surface area (Å²) in [6, 6.07) is 53.6. The second kappa shape index (κ2) is 12.5. The average Bonchev–Trinajstić information content (AvgIpc) is 3.73. The number of hydrogen-bond donors (Lipinski definition) is 0. The van der Waals surface area contributed by atoms with Crippen LogP contribution in [0.5, 0.6) is 0 Å². The molecule has 0 atom stereocenters. The topological polar surface area (TPSA) is 61.4 Å². The molecule has 0 bridgehead atoms. The first-order valence-electron chi connectivity index (χ1n) is 18.3. The van der Waals surface area contributed by atoms with Crippen molar-refractivity contribution in [2.45, 2.75) is 19.6 Å². The van der Waals surface area contributed by atoms with Crippen molar-refractivity contribution >= 4 is 56.9 Å². The summed E-state index contributed by atoms with van der Waals surface area (Å²) in [6.45, 7) is 7.17. The predicted octanol–water partition coefficient (Wildman–Crippen LogP) is 11.0. The van der Waals surface area contributed by atoms with Crippen LogP contribution in [0.15, 0.2) is 164 Å². The summed E-state index contributed by atoms with van der Waals surface area (Å²) in [5.41, 5.74) is 9.68. The molecule has 10 rings (SSSR count). The maximum Gasteiger partial charge on any atom is 0.238 e. The normalized spacial score (nSPS) is 12.0. The molecule has 0 amide bonds. The molecule has 0 N–H and O–H groups in total. The summed E-state index contributed by atoms with van der Waals surface area (Å²) >= 11 is 0. The van der Waals surface area contributed by atoms with E-state index < -0.39 is 8.07 Å². The Morgan fingerprint density at radius 3 is 1.57 bits per heavy atom. The highest BCUT2D eigenvalue weighted by Crippen LogP contribution is 2.38. The molecule has 54 heavy (non-hydrogen) atoms. The van der Waals surface area contributed by atoms with Crippen LogP contribution in [0, 0.1) is 0 Å². The number of hydrogen-bond acceptors (Lipinski definition) is 4. The van der Waals surface area contributed by atoms with Crippen molar-refractivity contribution in [2.75, 3.05) is 0 Å². The molecule has 0 aliphatic heterocycles. The molecule has 10 aromatic rings. The van der Waals surface area contributed by atoms with Crippen LogP contribution in [0.1, 0.15) is 0 Å². The monoisotopic (exact) mass is 712 g/mol. The van der Waals surface area contributed by atoms with E-state index in [-0.39, 0.29) is 0 Å². The highest BCUT2D eigenvalue weighted by Gasteiger charge is 2.20. The molecule has 0 fully saturated rings. The number of pyridine rings is 1. The van der Waals surface area contributed by atoms with Crippen LogP contribution in [-0.4, -0.2) is 37.1 Å². The third-order valence-corrected chi connectivity index (χ3v) is 12.5. The van der Waals surface area contributed by atoms with Gasteiger partial charge in [0, 0.05) is 44.6 Å². The van der Waals surface area contributed by atoms with E-state index in [4.69, 9.17) is 15.0 Å². The fourth-order valence-corrected chi connectivity index (χ4v) is 8.87. The van der Waals surface area contributed by atoms with Gasteiger partial charge in [-0.2, -0.15) is 9.97 Å². The quantitative estimate of drug-likeness (QED) is 0.161. The van der Waals surface area contributed by atoms with Gasteiger partial charge in [-0.25, -0.2) is 4.98 Å². The van der Waals surface area contributed by atoms with E-state index in [1.54, 1.807) is 0 Å². The molecular formula is C47H36N6Si. The molecule has 0 spiro atoms. The van der Waals surface area contributed by atoms with Crippen molar-refractivity contribution in [2.24, 2.45) is 0 Å². The van der Waals surface area contributed by atoms with Gasteiger partial charge in [0.2, 0.25) is 5.95 Å². The first kappa shape index (κ1) is 32.0. The van der Waals surface area contributed by atoms with Gasteiger partial charge in [0.1, 0.15) is 0 Å². The third-order valence-electron chi connectivity index (χ3n) is 10.5. The molecule has 6 aromatic carbocycles. The van der Waals surface area contributed by atoms with Crippen LogP contribution >= 0.6 is 0 Å². The Morgan fingerprint density at radius 2 is 0.963 bits per heavy atom. The standard InChI is InChI=1S/C47H36N6Si/c1-54(2,3)36-22-20-35(21-23-36)52-42-24-18-33(29-40(42)38-26-27-48-30-44(38)52)34-19-25-43-39(28-34)37-16-10-11-17-41(37)53(43)47-50-45(31-12-6-4-7-13-31)49-46(51-47)32-14-8-5-9-15-32/h4-30H,1-3H3. The lowest BCUT2D eigenvalue weighted by Gasteiger charge is -2.17. The first-order valence-corrected chi connectivity index (χ1v) is 21.8. The Labute approximate surface area is 314 Å². The lowest BCUT2D eigenvalue weighted by molar-refractivity contribution is 0.953. The molecule has 0 aliphatic rings. The van der Waals surface area contributed by atoms with E-state index >= 15 is 0 Å². The SMILES string of the molecule is C[Si](C)(C)c1ccc(-n2c3ccc(-c4ccc5c(c4)c4ccccc4n5-c4nc(-c5ccccc5)nc(-c5ccccc5)n4)cc3c3ccncc32)cc1. The fourth-order valence-electron chi connectivity index (χ4n) is 7.70. The highest BCUT2D eigenvalue weighted by molar-refractivity contribution is 6.88. The summed E-state index contributed by atoms with van der Waals surface area (Å²) < 4.78 is 4.51. The van der Waals surface area contributed by atoms with Crippen molar-refractivity contribution in [3.05, 3.63) is 164 Å². The maximum atomic E-state index is 5.09. The highest BCUT2D eigenvalue weighted by atomic mass is 28.3. The van der Waals surface area contributed by atoms with Crippen LogP contribution < -0.4 is 5.19 Å². The molecular weight excluding hydrogens is 677 g/mol. The van der Waals surface area contributed by atoms with Crippen molar-refractivity contribution in [3.63, 3.8) is 0 Å². The van der Waals surface area contributed by atoms with Crippen molar-refractivity contribution in [1.82, 2.24) is 29.1 Å². The molecule has 6 nitrogen and oxygen atoms in total. The number of fused-ring (bicyclic) bond motifs is 6. The van der Waals surface area contributed by atoms with E-state index in [1.807, 2.05) is 73.1 Å². The van der Waals surface area contributed by atoms with Gasteiger partial charge in [0.05, 0.1) is 36.3 Å². The van der Waals surface area contributed by atoms with Crippen LogP contribution in [0.25, 0.3) is 89.2 Å². The van der Waals surface area contributed by atoms with Crippen LogP contribution in [-0.2, 0) is 0 Å². The smallest absolute Gasteiger partial charge is 0.238 e. The second-order valence-corrected chi connectivity index (χ2v) is 19.9. The lowest BCUT2D eigenvalue weighted by Crippen LogP contribution is -2.37. The van der Waals surface area contributed by atoms with E-state index in [1.165, 1.54) is 21.5 Å². The Morgan fingerprint density at radius 1 is 0.426 bits per heavy atom. The molecule has 4 aromatic heterocycles. The Kier molecular flexibility index (Phi) is 7.38. The van der Waals surface area contributed by atoms with Gasteiger partial charge in [0.15, 0.2) is 11.6 Å². The maximum absolute atomic E-state index is 5.09. The van der Waals surface area contributed by atoms with E-state index in [2.05, 4.69) is 125 Å². The van der Waals surface area contributed by atoms with Gasteiger partial charge in [-0.3, -0.25) is 9.55 Å². The number of para-hydroxylation sites is 1. The molecule has 258 valence electrons. The minimum Gasteiger partial charge on any atom is -0.308 e. The number of nitrogens with zero attached hydrogens (tertiary/aromatic N) is 6. The van der Waals surface area contributed by atoms with Gasteiger partial charge in [-0.15, -0.1) is 0 Å². The third kappa shape index (κ3) is 5.32. The second-order valence-electron chi connectivity index (χ2n) is 14.9.